The van der Waals surface area contributed by atoms with Crippen LogP contribution in [0.3, 0.4) is 0 Å². The number of halogens is 1. The highest BCUT2D eigenvalue weighted by Crippen LogP contribution is 2.30. The number of carbonyl (C=O) groups excluding carboxylic acids is 1. The predicted octanol–water partition coefficient (Wildman–Crippen LogP) is 4.50. The van der Waals surface area contributed by atoms with Crippen molar-refractivity contribution < 1.29 is 4.79 Å². The van der Waals surface area contributed by atoms with Gasteiger partial charge >= 0.3 is 0 Å². The average Bonchev–Trinajstić information content (AvgIpc) is 3.32. The summed E-state index contributed by atoms with van der Waals surface area (Å²) in [5.74, 6) is 0.198. The molecule has 0 atom stereocenters. The van der Waals surface area contributed by atoms with Crippen LogP contribution in [0.25, 0.3) is 22.6 Å². The summed E-state index contributed by atoms with van der Waals surface area (Å²) in [7, 11) is 0. The molecule has 4 rings (SSSR count). The first-order valence-corrected chi connectivity index (χ1v) is 8.94. The SMILES string of the molecule is O=C(Nc1nccs1)c1[nH]c(-c2ccccc2Cl)nc1-c1ccncc1. The van der Waals surface area contributed by atoms with E-state index in [1.165, 1.54) is 11.3 Å². The number of anilines is 1. The molecule has 4 aromatic rings. The largest absolute Gasteiger partial charge is 0.333 e. The second kappa shape index (κ2) is 7.07. The Hall–Kier alpha value is -3.03. The van der Waals surface area contributed by atoms with Gasteiger partial charge in [-0.05, 0) is 24.3 Å². The maximum Gasteiger partial charge on any atom is 0.276 e. The van der Waals surface area contributed by atoms with Crippen molar-refractivity contribution in [1.82, 2.24) is 19.9 Å². The number of benzene rings is 1. The van der Waals surface area contributed by atoms with Gasteiger partial charge in [0.15, 0.2) is 5.13 Å². The number of thiazole rings is 1. The number of amides is 1. The van der Waals surface area contributed by atoms with Gasteiger partial charge in [-0.1, -0.05) is 23.7 Å². The van der Waals surface area contributed by atoms with Gasteiger partial charge in [-0.3, -0.25) is 15.1 Å². The van der Waals surface area contributed by atoms with Gasteiger partial charge in [-0.15, -0.1) is 11.3 Å². The quantitative estimate of drug-likeness (QED) is 0.545. The Labute approximate surface area is 157 Å². The first kappa shape index (κ1) is 16.4. The van der Waals surface area contributed by atoms with Crippen LogP contribution < -0.4 is 5.32 Å². The van der Waals surface area contributed by atoms with Gasteiger partial charge in [0, 0.05) is 35.1 Å². The number of aromatic amines is 1. The van der Waals surface area contributed by atoms with Crippen molar-refractivity contribution in [2.24, 2.45) is 0 Å². The fraction of sp³-hybridized carbons (Fsp3) is 0. The van der Waals surface area contributed by atoms with Crippen LogP contribution in [-0.4, -0.2) is 25.8 Å². The monoisotopic (exact) mass is 381 g/mol. The number of rotatable bonds is 4. The minimum atomic E-state index is -0.322. The fourth-order valence-corrected chi connectivity index (χ4v) is 3.23. The third-order valence-electron chi connectivity index (χ3n) is 3.67. The highest BCUT2D eigenvalue weighted by molar-refractivity contribution is 7.13. The normalized spacial score (nSPS) is 10.7. The van der Waals surface area contributed by atoms with Crippen LogP contribution in [0.4, 0.5) is 5.13 Å². The van der Waals surface area contributed by atoms with E-state index in [0.717, 1.165) is 11.1 Å². The zero-order valence-electron chi connectivity index (χ0n) is 13.3. The zero-order chi connectivity index (χ0) is 17.9. The highest BCUT2D eigenvalue weighted by Gasteiger charge is 2.21. The van der Waals surface area contributed by atoms with E-state index in [4.69, 9.17) is 11.6 Å². The number of nitrogens with one attached hydrogen (secondary N) is 2. The van der Waals surface area contributed by atoms with Gasteiger partial charge < -0.3 is 4.98 Å². The molecule has 0 aliphatic rings. The van der Waals surface area contributed by atoms with Crippen LogP contribution in [0.1, 0.15) is 10.5 Å². The van der Waals surface area contributed by atoms with E-state index in [0.29, 0.717) is 27.4 Å². The fourth-order valence-electron chi connectivity index (χ4n) is 2.48. The van der Waals surface area contributed by atoms with E-state index in [1.54, 1.807) is 42.2 Å². The molecule has 26 heavy (non-hydrogen) atoms. The highest BCUT2D eigenvalue weighted by atomic mass is 35.5. The molecule has 1 aromatic carbocycles. The Bertz CT molecular complexity index is 1050. The summed E-state index contributed by atoms with van der Waals surface area (Å²) in [5, 5.41) is 5.64. The second-order valence-corrected chi connectivity index (χ2v) is 6.62. The number of aromatic nitrogens is 4. The number of nitrogens with zero attached hydrogens (tertiary/aromatic N) is 3. The zero-order valence-corrected chi connectivity index (χ0v) is 14.9. The topological polar surface area (TPSA) is 83.6 Å². The predicted molar refractivity (Wildman–Crippen MR) is 102 cm³/mol. The van der Waals surface area contributed by atoms with Crippen molar-refractivity contribution in [3.05, 3.63) is 71.1 Å². The van der Waals surface area contributed by atoms with Gasteiger partial charge in [0.05, 0.1) is 5.02 Å². The van der Waals surface area contributed by atoms with Gasteiger partial charge in [-0.25, -0.2) is 9.97 Å². The minimum absolute atomic E-state index is 0.322. The molecule has 0 saturated carbocycles. The molecular formula is C18H12ClN5OS. The van der Waals surface area contributed by atoms with E-state index in [-0.39, 0.29) is 5.91 Å². The summed E-state index contributed by atoms with van der Waals surface area (Å²) in [4.78, 5) is 28.6. The summed E-state index contributed by atoms with van der Waals surface area (Å²) < 4.78 is 0. The first-order chi connectivity index (χ1) is 12.7. The molecule has 6 nitrogen and oxygen atoms in total. The third-order valence-corrected chi connectivity index (χ3v) is 4.68. The molecule has 0 spiro atoms. The van der Waals surface area contributed by atoms with Crippen LogP contribution in [0.2, 0.25) is 5.02 Å². The molecule has 0 bridgehead atoms. The van der Waals surface area contributed by atoms with Crippen LogP contribution in [0, 0.1) is 0 Å². The number of carbonyl (C=O) groups is 1. The van der Waals surface area contributed by atoms with Crippen LogP contribution in [0.5, 0.6) is 0 Å². The molecule has 0 aliphatic carbocycles. The van der Waals surface area contributed by atoms with E-state index >= 15 is 0 Å². The third kappa shape index (κ3) is 3.22. The molecule has 8 heteroatoms. The summed E-state index contributed by atoms with van der Waals surface area (Å²) in [6, 6.07) is 10.9. The van der Waals surface area contributed by atoms with Gasteiger partial charge in [0.2, 0.25) is 0 Å². The van der Waals surface area contributed by atoms with Crippen LogP contribution >= 0.6 is 22.9 Å². The van der Waals surface area contributed by atoms with E-state index in [2.05, 4.69) is 25.3 Å². The number of hydrogen-bond acceptors (Lipinski definition) is 5. The van der Waals surface area contributed by atoms with Gasteiger partial charge in [-0.2, -0.15) is 0 Å². The molecule has 0 unspecified atom stereocenters. The maximum absolute atomic E-state index is 12.8. The average molecular weight is 382 g/mol. The van der Waals surface area contributed by atoms with Crippen molar-refractivity contribution in [2.45, 2.75) is 0 Å². The first-order valence-electron chi connectivity index (χ1n) is 7.68. The van der Waals surface area contributed by atoms with Gasteiger partial charge in [0.25, 0.3) is 5.91 Å². The smallest absolute Gasteiger partial charge is 0.276 e. The summed E-state index contributed by atoms with van der Waals surface area (Å²) in [5.41, 5.74) is 2.36. The molecule has 0 aliphatic heterocycles. The van der Waals surface area contributed by atoms with Crippen molar-refractivity contribution in [3.8, 4) is 22.6 Å². The molecule has 1 amide bonds. The number of imidazole rings is 1. The molecule has 0 radical (unpaired) electrons. The Morgan fingerprint density at radius 2 is 1.92 bits per heavy atom. The lowest BCUT2D eigenvalue weighted by Crippen LogP contribution is -2.13. The molecule has 128 valence electrons. The lowest BCUT2D eigenvalue weighted by molar-refractivity contribution is 0.102. The molecule has 0 saturated heterocycles. The lowest BCUT2D eigenvalue weighted by atomic mass is 10.1. The Morgan fingerprint density at radius 1 is 1.12 bits per heavy atom. The summed E-state index contributed by atoms with van der Waals surface area (Å²) in [6.07, 6.45) is 4.94. The molecular weight excluding hydrogens is 370 g/mol. The van der Waals surface area contributed by atoms with E-state index < -0.39 is 0 Å². The summed E-state index contributed by atoms with van der Waals surface area (Å²) in [6.45, 7) is 0. The number of pyridine rings is 1. The molecule has 3 aromatic heterocycles. The lowest BCUT2D eigenvalue weighted by Gasteiger charge is -2.02. The maximum atomic E-state index is 12.8. The van der Waals surface area contributed by atoms with Crippen molar-refractivity contribution in [2.75, 3.05) is 5.32 Å². The van der Waals surface area contributed by atoms with E-state index in [9.17, 15) is 4.79 Å². The Morgan fingerprint density at radius 3 is 2.65 bits per heavy atom. The minimum Gasteiger partial charge on any atom is -0.333 e. The van der Waals surface area contributed by atoms with Crippen molar-refractivity contribution in [3.63, 3.8) is 0 Å². The number of H-pyrrole nitrogens is 1. The molecule has 2 N–H and O–H groups in total. The molecule has 3 heterocycles. The number of hydrogen-bond donors (Lipinski definition) is 2. The Balaban J connectivity index is 1.81. The second-order valence-electron chi connectivity index (χ2n) is 5.32. The van der Waals surface area contributed by atoms with Crippen LogP contribution in [0.15, 0.2) is 60.4 Å². The standard InChI is InChI=1S/C18H12ClN5OS/c19-13-4-2-1-3-12(13)16-22-14(11-5-7-20-8-6-11)15(23-16)17(25)24-18-21-9-10-26-18/h1-10H,(H,22,23)(H,21,24,25). The summed E-state index contributed by atoms with van der Waals surface area (Å²) >= 11 is 7.63. The Kier molecular flexibility index (Phi) is 4.47. The van der Waals surface area contributed by atoms with Crippen molar-refractivity contribution >= 4 is 34.0 Å². The van der Waals surface area contributed by atoms with E-state index in [1.807, 2.05) is 18.2 Å². The van der Waals surface area contributed by atoms with Gasteiger partial charge in [0.1, 0.15) is 17.2 Å². The molecule has 0 fully saturated rings. The van der Waals surface area contributed by atoms with Crippen molar-refractivity contribution in [1.29, 1.82) is 0 Å². The van der Waals surface area contributed by atoms with Crippen LogP contribution in [-0.2, 0) is 0 Å².